The number of carbonyl (C=O) groups is 3. The molecule has 1 aliphatic rings. The maximum atomic E-state index is 12.5. The van der Waals surface area contributed by atoms with Crippen molar-refractivity contribution in [1.29, 1.82) is 0 Å². The van der Waals surface area contributed by atoms with Crippen LogP contribution in [0.5, 0.6) is 0 Å². The van der Waals surface area contributed by atoms with Crippen LogP contribution in [0.15, 0.2) is 65.7 Å². The Balaban J connectivity index is 1.29. The summed E-state index contributed by atoms with van der Waals surface area (Å²) in [4.78, 5) is 40.0. The van der Waals surface area contributed by atoms with Gasteiger partial charge in [-0.05, 0) is 42.2 Å². The Morgan fingerprint density at radius 3 is 2.68 bits per heavy atom. The van der Waals surface area contributed by atoms with Crippen LogP contribution in [0.25, 0.3) is 0 Å². The molecule has 176 valence electrons. The fourth-order valence-electron chi connectivity index (χ4n) is 3.66. The summed E-state index contributed by atoms with van der Waals surface area (Å²) in [6.07, 6.45) is 3.59. The first kappa shape index (κ1) is 23.8. The number of esters is 1. The van der Waals surface area contributed by atoms with Gasteiger partial charge in [-0.25, -0.2) is 4.68 Å². The van der Waals surface area contributed by atoms with E-state index in [4.69, 9.17) is 16.3 Å². The highest BCUT2D eigenvalue weighted by atomic mass is 35.5. The molecular weight excluding hydrogens is 476 g/mol. The number of amides is 2. The number of carbonyl (C=O) groups excluding carboxylic acids is 3. The van der Waals surface area contributed by atoms with Gasteiger partial charge in [-0.3, -0.25) is 14.4 Å². The summed E-state index contributed by atoms with van der Waals surface area (Å²) >= 11 is 7.82. The minimum absolute atomic E-state index is 0.0509. The Bertz CT molecular complexity index is 1200. The first-order chi connectivity index (χ1) is 16.4. The lowest BCUT2D eigenvalue weighted by Crippen LogP contribution is -2.28. The number of aromatic nitrogens is 2. The molecule has 34 heavy (non-hydrogen) atoms. The van der Waals surface area contributed by atoms with Crippen LogP contribution in [0, 0.1) is 5.92 Å². The van der Waals surface area contributed by atoms with Crippen LogP contribution >= 0.6 is 23.4 Å². The Hall–Kier alpha value is -3.30. The Morgan fingerprint density at radius 1 is 1.18 bits per heavy atom. The summed E-state index contributed by atoms with van der Waals surface area (Å²) in [7, 11) is 0. The number of rotatable bonds is 8. The molecule has 1 aromatic heterocycles. The van der Waals surface area contributed by atoms with Gasteiger partial charge in [-0.2, -0.15) is 5.10 Å². The minimum atomic E-state index is -0.619. The van der Waals surface area contributed by atoms with Gasteiger partial charge in [-0.15, -0.1) is 11.8 Å². The molecule has 1 aliphatic heterocycles. The number of anilines is 2. The van der Waals surface area contributed by atoms with E-state index in [0.29, 0.717) is 17.4 Å². The van der Waals surface area contributed by atoms with Gasteiger partial charge in [0, 0.05) is 34.6 Å². The van der Waals surface area contributed by atoms with Crippen molar-refractivity contribution in [3.8, 4) is 0 Å². The van der Waals surface area contributed by atoms with Crippen molar-refractivity contribution in [2.45, 2.75) is 17.9 Å². The average molecular weight is 499 g/mol. The SMILES string of the molecule is CSc1ccc(N2CC(C(=O)OCC(=O)Nc3ccnn3Cc3ccccc3Cl)CC2=O)cc1. The molecule has 1 saturated heterocycles. The summed E-state index contributed by atoms with van der Waals surface area (Å²) in [6, 6.07) is 16.6. The van der Waals surface area contributed by atoms with E-state index in [9.17, 15) is 14.4 Å². The average Bonchev–Trinajstić information content (AvgIpc) is 3.45. The fraction of sp³-hybridized carbons (Fsp3) is 0.250. The van der Waals surface area contributed by atoms with Crippen LogP contribution in [0.1, 0.15) is 12.0 Å². The van der Waals surface area contributed by atoms with Gasteiger partial charge < -0.3 is 15.0 Å². The molecule has 0 spiro atoms. The van der Waals surface area contributed by atoms with Crippen molar-refractivity contribution in [3.05, 3.63) is 71.4 Å². The van der Waals surface area contributed by atoms with E-state index in [1.165, 1.54) is 0 Å². The van der Waals surface area contributed by atoms with E-state index in [1.54, 1.807) is 39.7 Å². The van der Waals surface area contributed by atoms with Gasteiger partial charge in [0.1, 0.15) is 5.82 Å². The predicted molar refractivity (Wildman–Crippen MR) is 131 cm³/mol. The van der Waals surface area contributed by atoms with Gasteiger partial charge in [0.15, 0.2) is 6.61 Å². The number of nitrogens with zero attached hydrogens (tertiary/aromatic N) is 3. The van der Waals surface area contributed by atoms with Gasteiger partial charge in [-0.1, -0.05) is 29.8 Å². The maximum Gasteiger partial charge on any atom is 0.311 e. The number of ether oxygens (including phenoxy) is 1. The Kier molecular flexibility index (Phi) is 7.54. The van der Waals surface area contributed by atoms with Gasteiger partial charge in [0.2, 0.25) is 5.91 Å². The number of benzene rings is 2. The zero-order chi connectivity index (χ0) is 24.1. The first-order valence-corrected chi connectivity index (χ1v) is 12.2. The fourth-order valence-corrected chi connectivity index (χ4v) is 4.27. The molecule has 0 saturated carbocycles. The lowest BCUT2D eigenvalue weighted by molar-refractivity contribution is -0.151. The van der Waals surface area contributed by atoms with Crippen LogP contribution < -0.4 is 10.2 Å². The molecule has 0 bridgehead atoms. The molecule has 4 rings (SSSR count). The van der Waals surface area contributed by atoms with Gasteiger partial charge in [0.05, 0.1) is 18.7 Å². The number of hydrogen-bond donors (Lipinski definition) is 1. The van der Waals surface area contributed by atoms with Gasteiger partial charge >= 0.3 is 5.97 Å². The van der Waals surface area contributed by atoms with E-state index in [2.05, 4.69) is 10.4 Å². The Morgan fingerprint density at radius 2 is 1.94 bits per heavy atom. The van der Waals surface area contributed by atoms with E-state index < -0.39 is 24.4 Å². The molecule has 2 aromatic carbocycles. The van der Waals surface area contributed by atoms with Crippen molar-refractivity contribution in [1.82, 2.24) is 9.78 Å². The van der Waals surface area contributed by atoms with E-state index in [-0.39, 0.29) is 18.9 Å². The summed E-state index contributed by atoms with van der Waals surface area (Å²) in [5, 5.41) is 7.51. The smallest absolute Gasteiger partial charge is 0.311 e. The maximum absolute atomic E-state index is 12.5. The van der Waals surface area contributed by atoms with Crippen molar-refractivity contribution in [3.63, 3.8) is 0 Å². The van der Waals surface area contributed by atoms with Crippen molar-refractivity contribution >= 4 is 52.7 Å². The summed E-state index contributed by atoms with van der Waals surface area (Å²) in [5.74, 6) is -1.38. The van der Waals surface area contributed by atoms with Crippen LogP contribution in [0.2, 0.25) is 5.02 Å². The quantitative estimate of drug-likeness (QED) is 0.374. The largest absolute Gasteiger partial charge is 0.455 e. The Labute approximate surface area is 206 Å². The molecule has 2 amide bonds. The normalized spacial score (nSPS) is 15.4. The number of thioether (sulfide) groups is 1. The van der Waals surface area contributed by atoms with Crippen LogP contribution in [-0.2, 0) is 25.7 Å². The third kappa shape index (κ3) is 5.60. The standard InChI is InChI=1S/C24H23ClN4O4S/c1-34-19-8-6-18(7-9-19)28-13-17(12-23(28)31)24(32)33-15-22(30)27-21-10-11-26-29(21)14-16-4-2-3-5-20(16)25/h2-11,17H,12-15H2,1H3,(H,27,30). The zero-order valence-electron chi connectivity index (χ0n) is 18.4. The second kappa shape index (κ2) is 10.8. The second-order valence-electron chi connectivity index (χ2n) is 7.72. The van der Waals surface area contributed by atoms with Crippen molar-refractivity contribution in [2.75, 3.05) is 29.6 Å². The highest BCUT2D eigenvalue weighted by Crippen LogP contribution is 2.27. The molecule has 8 nitrogen and oxygen atoms in total. The predicted octanol–water partition coefficient (Wildman–Crippen LogP) is 3.84. The molecule has 10 heteroatoms. The monoisotopic (exact) mass is 498 g/mol. The highest BCUT2D eigenvalue weighted by Gasteiger charge is 2.36. The zero-order valence-corrected chi connectivity index (χ0v) is 20.0. The minimum Gasteiger partial charge on any atom is -0.455 e. The number of hydrogen-bond acceptors (Lipinski definition) is 6. The van der Waals surface area contributed by atoms with Crippen LogP contribution in [-0.4, -0.2) is 47.0 Å². The third-order valence-corrected chi connectivity index (χ3v) is 6.56. The topological polar surface area (TPSA) is 93.5 Å². The second-order valence-corrected chi connectivity index (χ2v) is 9.01. The lowest BCUT2D eigenvalue weighted by Gasteiger charge is -2.17. The number of nitrogens with one attached hydrogen (secondary N) is 1. The summed E-state index contributed by atoms with van der Waals surface area (Å²) in [6.45, 7) is 0.145. The molecule has 1 fully saturated rings. The summed E-state index contributed by atoms with van der Waals surface area (Å²) in [5.41, 5.74) is 1.59. The highest BCUT2D eigenvalue weighted by molar-refractivity contribution is 7.98. The molecule has 0 aliphatic carbocycles. The molecule has 1 atom stereocenters. The van der Waals surface area contributed by atoms with E-state index in [0.717, 1.165) is 16.1 Å². The number of halogens is 1. The molecule has 2 heterocycles. The first-order valence-electron chi connectivity index (χ1n) is 10.6. The lowest BCUT2D eigenvalue weighted by atomic mass is 10.1. The van der Waals surface area contributed by atoms with E-state index in [1.807, 2.05) is 48.7 Å². The molecule has 3 aromatic rings. The van der Waals surface area contributed by atoms with Crippen molar-refractivity contribution < 1.29 is 19.1 Å². The van der Waals surface area contributed by atoms with Crippen LogP contribution in [0.4, 0.5) is 11.5 Å². The molecular formula is C24H23ClN4O4S. The van der Waals surface area contributed by atoms with Crippen LogP contribution in [0.3, 0.4) is 0 Å². The molecule has 1 N–H and O–H groups in total. The third-order valence-electron chi connectivity index (χ3n) is 5.45. The summed E-state index contributed by atoms with van der Waals surface area (Å²) < 4.78 is 6.79. The van der Waals surface area contributed by atoms with Crippen molar-refractivity contribution in [2.24, 2.45) is 5.92 Å². The molecule has 1 unspecified atom stereocenters. The molecule has 0 radical (unpaired) electrons. The van der Waals surface area contributed by atoms with Gasteiger partial charge in [0.25, 0.3) is 5.91 Å². The van der Waals surface area contributed by atoms with E-state index >= 15 is 0 Å².